The summed E-state index contributed by atoms with van der Waals surface area (Å²) in [5, 5.41) is 18.5. The first kappa shape index (κ1) is 16.6. The standard InChI is InChI=1S/C16H24N6O2/c1-4-12(16(23)18-13-9-10(2)24-21-13)17-11(3)15-20-19-14-7-5-6-8-22(14)15/h9,11-12,17H,4-8H2,1-3H3,(H,18,21,23)/t11-,12+/m1/s1. The zero-order chi connectivity index (χ0) is 17.1. The fourth-order valence-corrected chi connectivity index (χ4v) is 3.04. The second kappa shape index (κ2) is 7.12. The largest absolute Gasteiger partial charge is 0.360 e. The molecule has 0 saturated carbocycles. The van der Waals surface area contributed by atoms with E-state index in [9.17, 15) is 4.79 Å². The number of hydrogen-bond acceptors (Lipinski definition) is 6. The monoisotopic (exact) mass is 332 g/mol. The van der Waals surface area contributed by atoms with E-state index in [0.29, 0.717) is 18.0 Å². The lowest BCUT2D eigenvalue weighted by molar-refractivity contribution is -0.118. The zero-order valence-electron chi connectivity index (χ0n) is 14.4. The van der Waals surface area contributed by atoms with Gasteiger partial charge in [0.1, 0.15) is 17.4 Å². The summed E-state index contributed by atoms with van der Waals surface area (Å²) in [5.41, 5.74) is 0. The Morgan fingerprint density at radius 3 is 2.96 bits per heavy atom. The van der Waals surface area contributed by atoms with Crippen molar-refractivity contribution in [3.8, 4) is 0 Å². The molecule has 2 N–H and O–H groups in total. The highest BCUT2D eigenvalue weighted by atomic mass is 16.5. The van der Waals surface area contributed by atoms with Crippen molar-refractivity contribution in [2.45, 2.75) is 65.1 Å². The minimum Gasteiger partial charge on any atom is -0.360 e. The number of carbonyl (C=O) groups excluding carboxylic acids is 1. The number of anilines is 1. The molecule has 0 aromatic carbocycles. The first-order valence-corrected chi connectivity index (χ1v) is 8.50. The Bertz CT molecular complexity index is 707. The van der Waals surface area contributed by atoms with Crippen molar-refractivity contribution in [2.75, 3.05) is 5.32 Å². The van der Waals surface area contributed by atoms with Crippen molar-refractivity contribution in [1.82, 2.24) is 25.2 Å². The van der Waals surface area contributed by atoms with Crippen LogP contribution in [0.25, 0.3) is 0 Å². The summed E-state index contributed by atoms with van der Waals surface area (Å²) in [7, 11) is 0. The summed E-state index contributed by atoms with van der Waals surface area (Å²) in [6, 6.07) is 1.30. The molecule has 1 amide bonds. The Labute approximate surface area is 141 Å². The number of amides is 1. The van der Waals surface area contributed by atoms with Crippen molar-refractivity contribution in [3.63, 3.8) is 0 Å². The minimum absolute atomic E-state index is 0.0564. The van der Waals surface area contributed by atoms with E-state index in [-0.39, 0.29) is 18.0 Å². The van der Waals surface area contributed by atoms with Crippen molar-refractivity contribution in [2.24, 2.45) is 0 Å². The number of rotatable bonds is 6. The molecule has 3 heterocycles. The molecule has 130 valence electrons. The first-order chi connectivity index (χ1) is 11.6. The van der Waals surface area contributed by atoms with Gasteiger partial charge in [0.2, 0.25) is 5.91 Å². The average molecular weight is 332 g/mol. The molecular weight excluding hydrogens is 308 g/mol. The van der Waals surface area contributed by atoms with Gasteiger partial charge in [0.15, 0.2) is 5.82 Å². The van der Waals surface area contributed by atoms with Gasteiger partial charge in [-0.05, 0) is 33.1 Å². The normalized spacial score (nSPS) is 16.5. The molecular formula is C16H24N6O2. The van der Waals surface area contributed by atoms with E-state index in [1.165, 1.54) is 0 Å². The number of nitrogens with zero attached hydrogens (tertiary/aromatic N) is 4. The number of carbonyl (C=O) groups is 1. The SMILES string of the molecule is CC[C@H](N[C@H](C)c1nnc2n1CCCC2)C(=O)Nc1cc(C)on1. The number of hydrogen-bond donors (Lipinski definition) is 2. The topological polar surface area (TPSA) is 97.9 Å². The van der Waals surface area contributed by atoms with Crippen LogP contribution in [-0.4, -0.2) is 31.9 Å². The predicted molar refractivity (Wildman–Crippen MR) is 88.5 cm³/mol. The van der Waals surface area contributed by atoms with E-state index in [4.69, 9.17) is 4.52 Å². The maximum atomic E-state index is 12.4. The molecule has 24 heavy (non-hydrogen) atoms. The first-order valence-electron chi connectivity index (χ1n) is 8.50. The van der Waals surface area contributed by atoms with Crippen LogP contribution in [0, 0.1) is 6.92 Å². The van der Waals surface area contributed by atoms with Gasteiger partial charge >= 0.3 is 0 Å². The lowest BCUT2D eigenvalue weighted by Gasteiger charge is -2.22. The quantitative estimate of drug-likeness (QED) is 0.839. The highest BCUT2D eigenvalue weighted by molar-refractivity contribution is 5.94. The van der Waals surface area contributed by atoms with Crippen LogP contribution in [0.5, 0.6) is 0 Å². The van der Waals surface area contributed by atoms with Gasteiger partial charge in [0.05, 0.1) is 12.1 Å². The maximum absolute atomic E-state index is 12.4. The second-order valence-electron chi connectivity index (χ2n) is 6.24. The Balaban J connectivity index is 1.66. The van der Waals surface area contributed by atoms with Gasteiger partial charge in [0.25, 0.3) is 0 Å². The van der Waals surface area contributed by atoms with Gasteiger partial charge in [-0.25, -0.2) is 0 Å². The molecule has 1 aliphatic rings. The van der Waals surface area contributed by atoms with Crippen LogP contribution >= 0.6 is 0 Å². The van der Waals surface area contributed by atoms with E-state index in [1.807, 2.05) is 13.8 Å². The molecule has 2 atom stereocenters. The third kappa shape index (κ3) is 3.48. The average Bonchev–Trinajstić information content (AvgIpc) is 3.18. The van der Waals surface area contributed by atoms with Gasteiger partial charge in [0, 0.05) is 19.0 Å². The van der Waals surface area contributed by atoms with E-state index < -0.39 is 0 Å². The Kier molecular flexibility index (Phi) is 4.94. The molecule has 8 nitrogen and oxygen atoms in total. The van der Waals surface area contributed by atoms with Crippen LogP contribution in [0.15, 0.2) is 10.6 Å². The van der Waals surface area contributed by atoms with Crippen LogP contribution in [0.3, 0.4) is 0 Å². The van der Waals surface area contributed by atoms with Crippen LogP contribution in [-0.2, 0) is 17.8 Å². The summed E-state index contributed by atoms with van der Waals surface area (Å²) in [4.78, 5) is 12.4. The number of fused-ring (bicyclic) bond motifs is 1. The van der Waals surface area contributed by atoms with Crippen LogP contribution in [0.1, 0.15) is 56.6 Å². The maximum Gasteiger partial charge on any atom is 0.242 e. The highest BCUT2D eigenvalue weighted by Gasteiger charge is 2.25. The fourth-order valence-electron chi connectivity index (χ4n) is 3.04. The van der Waals surface area contributed by atoms with E-state index in [2.05, 4.69) is 30.6 Å². The van der Waals surface area contributed by atoms with Crippen molar-refractivity contribution < 1.29 is 9.32 Å². The molecule has 3 rings (SSSR count). The molecule has 0 aliphatic carbocycles. The summed E-state index contributed by atoms with van der Waals surface area (Å²) >= 11 is 0. The van der Waals surface area contributed by atoms with Crippen LogP contribution < -0.4 is 10.6 Å². The Morgan fingerprint density at radius 2 is 2.25 bits per heavy atom. The van der Waals surface area contributed by atoms with Crippen molar-refractivity contribution >= 4 is 11.7 Å². The fraction of sp³-hybridized carbons (Fsp3) is 0.625. The third-order valence-electron chi connectivity index (χ3n) is 4.33. The zero-order valence-corrected chi connectivity index (χ0v) is 14.4. The third-order valence-corrected chi connectivity index (χ3v) is 4.33. The van der Waals surface area contributed by atoms with Gasteiger partial charge in [-0.1, -0.05) is 12.1 Å². The molecule has 2 aromatic rings. The second-order valence-corrected chi connectivity index (χ2v) is 6.24. The smallest absolute Gasteiger partial charge is 0.242 e. The molecule has 0 saturated heterocycles. The Morgan fingerprint density at radius 1 is 1.42 bits per heavy atom. The van der Waals surface area contributed by atoms with Gasteiger partial charge in [-0.15, -0.1) is 10.2 Å². The Hall–Kier alpha value is -2.22. The molecule has 0 bridgehead atoms. The van der Waals surface area contributed by atoms with E-state index >= 15 is 0 Å². The predicted octanol–water partition coefficient (Wildman–Crippen LogP) is 1.98. The number of nitrogens with one attached hydrogen (secondary N) is 2. The van der Waals surface area contributed by atoms with Gasteiger partial charge < -0.3 is 14.4 Å². The number of aryl methyl sites for hydroxylation is 2. The molecule has 0 fully saturated rings. The molecule has 2 aromatic heterocycles. The van der Waals surface area contributed by atoms with Gasteiger partial charge in [-0.2, -0.15) is 0 Å². The van der Waals surface area contributed by atoms with Crippen LogP contribution in [0.4, 0.5) is 5.82 Å². The van der Waals surface area contributed by atoms with Gasteiger partial charge in [-0.3, -0.25) is 10.1 Å². The van der Waals surface area contributed by atoms with Crippen molar-refractivity contribution in [3.05, 3.63) is 23.5 Å². The summed E-state index contributed by atoms with van der Waals surface area (Å²) < 4.78 is 7.15. The van der Waals surface area contributed by atoms with Crippen molar-refractivity contribution in [1.29, 1.82) is 0 Å². The summed E-state index contributed by atoms with van der Waals surface area (Å²) in [6.45, 7) is 6.72. The van der Waals surface area contributed by atoms with Crippen LogP contribution in [0.2, 0.25) is 0 Å². The van der Waals surface area contributed by atoms with E-state index in [0.717, 1.165) is 37.5 Å². The molecule has 8 heteroatoms. The summed E-state index contributed by atoms with van der Waals surface area (Å²) in [6.07, 6.45) is 3.95. The minimum atomic E-state index is -0.339. The lowest BCUT2D eigenvalue weighted by Crippen LogP contribution is -2.42. The lowest BCUT2D eigenvalue weighted by atomic mass is 10.1. The molecule has 1 aliphatic heterocycles. The summed E-state index contributed by atoms with van der Waals surface area (Å²) in [5.74, 6) is 2.91. The van der Waals surface area contributed by atoms with E-state index in [1.54, 1.807) is 13.0 Å². The highest BCUT2D eigenvalue weighted by Crippen LogP contribution is 2.19. The molecule has 0 radical (unpaired) electrons. The molecule has 0 unspecified atom stereocenters. The molecule has 0 spiro atoms. The number of aromatic nitrogens is 4.